The van der Waals surface area contributed by atoms with Gasteiger partial charge in [-0.05, 0) is 57.5 Å². The Bertz CT molecular complexity index is 341. The molecule has 108 valence electrons. The Morgan fingerprint density at radius 1 is 1.11 bits per heavy atom. The minimum absolute atomic E-state index is 0.153. The molecule has 1 aromatic carbocycles. The molecule has 0 aliphatic heterocycles. The van der Waals surface area contributed by atoms with E-state index < -0.39 is 0 Å². The van der Waals surface area contributed by atoms with Gasteiger partial charge in [-0.2, -0.15) is 0 Å². The van der Waals surface area contributed by atoms with Crippen molar-refractivity contribution < 1.29 is 4.39 Å². The standard InChI is InChI=1S/C16H27FN2/c1-3-11-18-12-6-5-7-13-19(4-2)16-10-8-9-15(17)14-16/h8-10,14,18H,3-7,11-13H2,1-2H3. The maximum absolute atomic E-state index is 13.2. The van der Waals surface area contributed by atoms with Gasteiger partial charge in [-0.1, -0.05) is 19.4 Å². The minimum atomic E-state index is -0.153. The van der Waals surface area contributed by atoms with E-state index in [1.807, 2.05) is 6.07 Å². The van der Waals surface area contributed by atoms with Crippen LogP contribution in [-0.4, -0.2) is 26.2 Å². The Morgan fingerprint density at radius 3 is 2.63 bits per heavy atom. The van der Waals surface area contributed by atoms with Gasteiger partial charge in [-0.3, -0.25) is 0 Å². The van der Waals surface area contributed by atoms with Gasteiger partial charge in [0.2, 0.25) is 0 Å². The quantitative estimate of drug-likeness (QED) is 0.648. The van der Waals surface area contributed by atoms with E-state index in [-0.39, 0.29) is 5.82 Å². The summed E-state index contributed by atoms with van der Waals surface area (Å²) < 4.78 is 13.2. The second kappa shape index (κ2) is 9.79. The predicted octanol–water partition coefficient (Wildman–Crippen LogP) is 3.82. The number of benzene rings is 1. The molecule has 0 saturated carbocycles. The van der Waals surface area contributed by atoms with Gasteiger partial charge in [0, 0.05) is 18.8 Å². The number of rotatable bonds is 10. The zero-order chi connectivity index (χ0) is 13.9. The summed E-state index contributed by atoms with van der Waals surface area (Å²) in [6.07, 6.45) is 4.81. The molecule has 1 aromatic rings. The molecule has 0 unspecified atom stereocenters. The van der Waals surface area contributed by atoms with E-state index in [9.17, 15) is 4.39 Å². The number of nitrogens with one attached hydrogen (secondary N) is 1. The van der Waals surface area contributed by atoms with Crippen LogP contribution in [0, 0.1) is 5.82 Å². The summed E-state index contributed by atoms with van der Waals surface area (Å²) in [5.41, 5.74) is 0.992. The summed E-state index contributed by atoms with van der Waals surface area (Å²) in [5, 5.41) is 3.41. The van der Waals surface area contributed by atoms with E-state index in [1.165, 1.54) is 25.3 Å². The smallest absolute Gasteiger partial charge is 0.125 e. The van der Waals surface area contributed by atoms with E-state index in [0.717, 1.165) is 38.3 Å². The molecule has 1 N–H and O–H groups in total. The summed E-state index contributed by atoms with van der Waals surface area (Å²) in [5.74, 6) is -0.153. The van der Waals surface area contributed by atoms with Crippen LogP contribution in [0.5, 0.6) is 0 Å². The highest BCUT2D eigenvalue weighted by molar-refractivity contribution is 5.46. The Hall–Kier alpha value is -1.09. The largest absolute Gasteiger partial charge is 0.372 e. The third-order valence-corrected chi connectivity index (χ3v) is 3.26. The van der Waals surface area contributed by atoms with Crippen LogP contribution >= 0.6 is 0 Å². The van der Waals surface area contributed by atoms with Gasteiger partial charge in [-0.25, -0.2) is 4.39 Å². The Balaban J connectivity index is 2.22. The van der Waals surface area contributed by atoms with Crippen molar-refractivity contribution in [1.29, 1.82) is 0 Å². The molecule has 0 bridgehead atoms. The third-order valence-electron chi connectivity index (χ3n) is 3.26. The van der Waals surface area contributed by atoms with Crippen LogP contribution in [0.15, 0.2) is 24.3 Å². The predicted molar refractivity (Wildman–Crippen MR) is 81.3 cm³/mol. The molecule has 0 heterocycles. The minimum Gasteiger partial charge on any atom is -0.372 e. The van der Waals surface area contributed by atoms with Gasteiger partial charge < -0.3 is 10.2 Å². The van der Waals surface area contributed by atoms with Crippen molar-refractivity contribution >= 4 is 5.69 Å². The fourth-order valence-electron chi connectivity index (χ4n) is 2.17. The van der Waals surface area contributed by atoms with Gasteiger partial charge in [0.15, 0.2) is 0 Å². The molecule has 0 atom stereocenters. The second-order valence-corrected chi connectivity index (χ2v) is 4.87. The van der Waals surface area contributed by atoms with Crippen LogP contribution in [0.2, 0.25) is 0 Å². The molecule has 0 amide bonds. The van der Waals surface area contributed by atoms with Crippen molar-refractivity contribution in [3.63, 3.8) is 0 Å². The highest BCUT2D eigenvalue weighted by Gasteiger charge is 2.04. The van der Waals surface area contributed by atoms with Gasteiger partial charge >= 0.3 is 0 Å². The Morgan fingerprint density at radius 2 is 1.95 bits per heavy atom. The first-order valence-electron chi connectivity index (χ1n) is 7.49. The fourth-order valence-corrected chi connectivity index (χ4v) is 2.17. The summed E-state index contributed by atoms with van der Waals surface area (Å²) >= 11 is 0. The molecule has 0 aliphatic rings. The first kappa shape index (κ1) is 16.0. The normalized spacial score (nSPS) is 10.7. The lowest BCUT2D eigenvalue weighted by Gasteiger charge is -2.23. The van der Waals surface area contributed by atoms with Gasteiger partial charge in [0.25, 0.3) is 0 Å². The highest BCUT2D eigenvalue weighted by atomic mass is 19.1. The van der Waals surface area contributed by atoms with Gasteiger partial charge in [-0.15, -0.1) is 0 Å². The van der Waals surface area contributed by atoms with Crippen LogP contribution in [0.1, 0.15) is 39.5 Å². The summed E-state index contributed by atoms with van der Waals surface area (Å²) in [6, 6.07) is 6.88. The van der Waals surface area contributed by atoms with E-state index in [0.29, 0.717) is 0 Å². The van der Waals surface area contributed by atoms with Crippen molar-refractivity contribution in [2.24, 2.45) is 0 Å². The zero-order valence-corrected chi connectivity index (χ0v) is 12.3. The van der Waals surface area contributed by atoms with Crippen LogP contribution in [0.3, 0.4) is 0 Å². The maximum Gasteiger partial charge on any atom is 0.125 e. The van der Waals surface area contributed by atoms with Crippen LogP contribution < -0.4 is 10.2 Å². The zero-order valence-electron chi connectivity index (χ0n) is 12.3. The van der Waals surface area contributed by atoms with Crippen molar-refractivity contribution in [3.8, 4) is 0 Å². The maximum atomic E-state index is 13.2. The first-order chi connectivity index (χ1) is 9.27. The number of hydrogen-bond acceptors (Lipinski definition) is 2. The summed E-state index contributed by atoms with van der Waals surface area (Å²) in [4.78, 5) is 2.24. The molecule has 2 nitrogen and oxygen atoms in total. The van der Waals surface area contributed by atoms with Crippen molar-refractivity contribution in [2.45, 2.75) is 39.5 Å². The molecule has 19 heavy (non-hydrogen) atoms. The van der Waals surface area contributed by atoms with Crippen molar-refractivity contribution in [1.82, 2.24) is 5.32 Å². The molecular weight excluding hydrogens is 239 g/mol. The molecule has 1 rings (SSSR count). The molecular formula is C16H27FN2. The van der Waals surface area contributed by atoms with Crippen LogP contribution in [0.4, 0.5) is 10.1 Å². The van der Waals surface area contributed by atoms with E-state index in [2.05, 4.69) is 24.1 Å². The molecule has 0 fully saturated rings. The molecule has 0 radical (unpaired) electrons. The first-order valence-corrected chi connectivity index (χ1v) is 7.49. The van der Waals surface area contributed by atoms with E-state index in [1.54, 1.807) is 12.1 Å². The summed E-state index contributed by atoms with van der Waals surface area (Å²) in [7, 11) is 0. The summed E-state index contributed by atoms with van der Waals surface area (Å²) in [6.45, 7) is 8.47. The number of halogens is 1. The monoisotopic (exact) mass is 266 g/mol. The Kier molecular flexibility index (Phi) is 8.23. The molecule has 0 aliphatic carbocycles. The van der Waals surface area contributed by atoms with Crippen molar-refractivity contribution in [2.75, 3.05) is 31.1 Å². The number of unbranched alkanes of at least 4 members (excludes halogenated alkanes) is 2. The highest BCUT2D eigenvalue weighted by Crippen LogP contribution is 2.16. The lowest BCUT2D eigenvalue weighted by Crippen LogP contribution is -2.24. The molecule has 0 spiro atoms. The van der Waals surface area contributed by atoms with Gasteiger partial charge in [0.1, 0.15) is 5.82 Å². The third kappa shape index (κ3) is 6.58. The Labute approximate surface area is 117 Å². The number of hydrogen-bond donors (Lipinski definition) is 1. The van der Waals surface area contributed by atoms with Crippen LogP contribution in [0.25, 0.3) is 0 Å². The van der Waals surface area contributed by atoms with Gasteiger partial charge in [0.05, 0.1) is 0 Å². The van der Waals surface area contributed by atoms with Crippen LogP contribution in [-0.2, 0) is 0 Å². The molecule has 0 saturated heterocycles. The average Bonchev–Trinajstić information content (AvgIpc) is 2.42. The lowest BCUT2D eigenvalue weighted by molar-refractivity contribution is 0.593. The topological polar surface area (TPSA) is 15.3 Å². The fraction of sp³-hybridized carbons (Fsp3) is 0.625. The SMILES string of the molecule is CCCNCCCCCN(CC)c1cccc(F)c1. The molecule has 3 heteroatoms. The van der Waals surface area contributed by atoms with Crippen molar-refractivity contribution in [3.05, 3.63) is 30.1 Å². The number of anilines is 1. The lowest BCUT2D eigenvalue weighted by atomic mass is 10.2. The number of nitrogens with zero attached hydrogens (tertiary/aromatic N) is 1. The molecule has 0 aromatic heterocycles. The average molecular weight is 266 g/mol. The van der Waals surface area contributed by atoms with E-state index in [4.69, 9.17) is 0 Å². The van der Waals surface area contributed by atoms with E-state index >= 15 is 0 Å². The second-order valence-electron chi connectivity index (χ2n) is 4.87.